The van der Waals surface area contributed by atoms with Gasteiger partial charge in [-0.25, -0.2) is 4.39 Å². The van der Waals surface area contributed by atoms with E-state index in [1.807, 2.05) is 0 Å². The van der Waals surface area contributed by atoms with Crippen molar-refractivity contribution in [1.82, 2.24) is 9.88 Å². The Morgan fingerprint density at radius 2 is 2.04 bits per heavy atom. The number of benzene rings is 1. The molecule has 2 fully saturated rings. The average molecular weight is 356 g/mol. The van der Waals surface area contributed by atoms with Gasteiger partial charge in [-0.05, 0) is 54.2 Å². The standard InChI is InChI=1S/C21H25FN2O2/c1-20(2)12-7-8-21(3,10-12)19(20)23-18(26)15-11-24(4)16-9-13(22)5-6-14(16)17(15)25/h5-6,9,11-12,19H,7-8,10H2,1-4H3,(H,23,26)/t12-,19+,21+/m0/s1. The number of hydrogen-bond acceptors (Lipinski definition) is 2. The summed E-state index contributed by atoms with van der Waals surface area (Å²) < 4.78 is 15.1. The molecular weight excluding hydrogens is 331 g/mol. The van der Waals surface area contributed by atoms with Crippen molar-refractivity contribution in [3.8, 4) is 0 Å². The molecule has 1 amide bonds. The van der Waals surface area contributed by atoms with Crippen LogP contribution in [0.1, 0.15) is 50.4 Å². The van der Waals surface area contributed by atoms with Gasteiger partial charge >= 0.3 is 0 Å². The lowest BCUT2D eigenvalue weighted by atomic mass is 9.68. The molecule has 1 heterocycles. The molecule has 0 saturated heterocycles. The van der Waals surface area contributed by atoms with Gasteiger partial charge in [-0.3, -0.25) is 9.59 Å². The van der Waals surface area contributed by atoms with Crippen LogP contribution in [-0.2, 0) is 7.05 Å². The van der Waals surface area contributed by atoms with Crippen LogP contribution < -0.4 is 10.7 Å². The van der Waals surface area contributed by atoms with E-state index in [9.17, 15) is 14.0 Å². The Morgan fingerprint density at radius 3 is 2.69 bits per heavy atom. The number of amides is 1. The number of pyridine rings is 1. The first-order chi connectivity index (χ1) is 12.1. The van der Waals surface area contributed by atoms with Crippen LogP contribution in [0.25, 0.3) is 10.9 Å². The number of aryl methyl sites for hydroxylation is 1. The first-order valence-electron chi connectivity index (χ1n) is 9.23. The van der Waals surface area contributed by atoms with Crippen LogP contribution in [0.4, 0.5) is 4.39 Å². The maximum atomic E-state index is 13.5. The maximum Gasteiger partial charge on any atom is 0.257 e. The van der Waals surface area contributed by atoms with Gasteiger partial charge in [0.1, 0.15) is 11.4 Å². The highest BCUT2D eigenvalue weighted by atomic mass is 19.1. The molecule has 1 aromatic carbocycles. The van der Waals surface area contributed by atoms with E-state index < -0.39 is 5.82 Å². The summed E-state index contributed by atoms with van der Waals surface area (Å²) in [4.78, 5) is 25.8. The predicted molar refractivity (Wildman–Crippen MR) is 99.6 cm³/mol. The fourth-order valence-corrected chi connectivity index (χ4v) is 5.49. The van der Waals surface area contributed by atoms with E-state index in [0.717, 1.165) is 12.8 Å². The van der Waals surface area contributed by atoms with Gasteiger partial charge in [0, 0.05) is 24.7 Å². The topological polar surface area (TPSA) is 51.1 Å². The Hall–Kier alpha value is -2.17. The summed E-state index contributed by atoms with van der Waals surface area (Å²) in [5.41, 5.74) is 0.373. The van der Waals surface area contributed by atoms with Crippen LogP contribution in [0, 0.1) is 22.6 Å². The van der Waals surface area contributed by atoms with Gasteiger partial charge in [-0.1, -0.05) is 20.8 Å². The van der Waals surface area contributed by atoms with Gasteiger partial charge in [-0.2, -0.15) is 0 Å². The highest BCUT2D eigenvalue weighted by molar-refractivity contribution is 5.97. The van der Waals surface area contributed by atoms with E-state index in [1.54, 1.807) is 11.6 Å². The Balaban J connectivity index is 1.73. The molecule has 0 spiro atoms. The second-order valence-electron chi connectivity index (χ2n) is 8.97. The van der Waals surface area contributed by atoms with Gasteiger partial charge in [0.05, 0.1) is 5.52 Å². The molecule has 138 valence electrons. The van der Waals surface area contributed by atoms with Crippen molar-refractivity contribution in [2.24, 2.45) is 23.8 Å². The van der Waals surface area contributed by atoms with Crippen LogP contribution in [0.15, 0.2) is 29.2 Å². The number of nitrogens with zero attached hydrogens (tertiary/aromatic N) is 1. The van der Waals surface area contributed by atoms with Crippen LogP contribution in [0.2, 0.25) is 0 Å². The third kappa shape index (κ3) is 2.32. The van der Waals surface area contributed by atoms with Crippen molar-refractivity contribution in [1.29, 1.82) is 0 Å². The van der Waals surface area contributed by atoms with Crippen molar-refractivity contribution >= 4 is 16.8 Å². The summed E-state index contributed by atoms with van der Waals surface area (Å²) in [6.45, 7) is 6.68. The minimum absolute atomic E-state index is 0.0217. The SMILES string of the molecule is Cn1cc(C(=O)N[C@@H]2C(C)(C)[C@H]3CC[C@]2(C)C3)c(=O)c2ccc(F)cc21. The molecule has 2 aliphatic rings. The minimum Gasteiger partial charge on any atom is -0.349 e. The number of aromatic nitrogens is 1. The monoisotopic (exact) mass is 356 g/mol. The van der Waals surface area contributed by atoms with E-state index in [4.69, 9.17) is 0 Å². The second kappa shape index (κ2) is 5.41. The molecule has 2 aliphatic carbocycles. The summed E-state index contributed by atoms with van der Waals surface area (Å²) in [7, 11) is 1.72. The lowest BCUT2D eigenvalue weighted by molar-refractivity contribution is 0.0736. The van der Waals surface area contributed by atoms with Crippen molar-refractivity contribution in [3.63, 3.8) is 0 Å². The first-order valence-corrected chi connectivity index (χ1v) is 9.23. The number of rotatable bonds is 2. The lowest BCUT2D eigenvalue weighted by Crippen LogP contribution is -2.53. The van der Waals surface area contributed by atoms with Crippen LogP contribution in [0.5, 0.6) is 0 Å². The Kier molecular flexibility index (Phi) is 3.59. The number of nitrogens with one attached hydrogen (secondary N) is 1. The highest BCUT2D eigenvalue weighted by Crippen LogP contribution is 2.62. The Bertz CT molecular complexity index is 973. The van der Waals surface area contributed by atoms with Gasteiger partial charge in [-0.15, -0.1) is 0 Å². The Labute approximate surface area is 152 Å². The number of halogens is 1. The third-order valence-corrected chi connectivity index (χ3v) is 6.94. The largest absolute Gasteiger partial charge is 0.349 e. The molecular formula is C21H25FN2O2. The van der Waals surface area contributed by atoms with Crippen LogP contribution in [0.3, 0.4) is 0 Å². The van der Waals surface area contributed by atoms with E-state index in [-0.39, 0.29) is 33.8 Å². The van der Waals surface area contributed by atoms with Gasteiger partial charge in [0.25, 0.3) is 5.91 Å². The summed E-state index contributed by atoms with van der Waals surface area (Å²) in [5, 5.41) is 3.54. The number of carbonyl (C=O) groups is 1. The number of hydrogen-bond donors (Lipinski definition) is 1. The molecule has 0 unspecified atom stereocenters. The zero-order valence-electron chi connectivity index (χ0n) is 15.7. The molecule has 2 saturated carbocycles. The molecule has 5 heteroatoms. The average Bonchev–Trinajstić information content (AvgIpc) is 3.05. The van der Waals surface area contributed by atoms with E-state index >= 15 is 0 Å². The molecule has 1 aromatic heterocycles. The van der Waals surface area contributed by atoms with Crippen LogP contribution >= 0.6 is 0 Å². The second-order valence-corrected chi connectivity index (χ2v) is 8.97. The molecule has 4 nitrogen and oxygen atoms in total. The fraction of sp³-hybridized carbons (Fsp3) is 0.524. The summed E-state index contributed by atoms with van der Waals surface area (Å²) in [6, 6.07) is 4.08. The van der Waals surface area contributed by atoms with E-state index in [0.29, 0.717) is 16.8 Å². The minimum atomic E-state index is -0.402. The molecule has 26 heavy (non-hydrogen) atoms. The Morgan fingerprint density at radius 1 is 1.31 bits per heavy atom. The van der Waals surface area contributed by atoms with Crippen molar-refractivity contribution in [2.75, 3.05) is 0 Å². The maximum absolute atomic E-state index is 13.5. The first kappa shape index (κ1) is 17.3. The lowest BCUT2D eigenvalue weighted by Gasteiger charge is -2.43. The number of fused-ring (bicyclic) bond motifs is 3. The quantitative estimate of drug-likeness (QED) is 0.893. The third-order valence-electron chi connectivity index (χ3n) is 6.94. The highest BCUT2D eigenvalue weighted by Gasteiger charge is 2.59. The smallest absolute Gasteiger partial charge is 0.257 e. The zero-order valence-corrected chi connectivity index (χ0v) is 15.7. The molecule has 2 aromatic rings. The molecule has 0 aliphatic heterocycles. The summed E-state index contributed by atoms with van der Waals surface area (Å²) in [5.74, 6) is -0.120. The molecule has 3 atom stereocenters. The van der Waals surface area contributed by atoms with E-state index in [1.165, 1.54) is 30.8 Å². The normalized spacial score (nSPS) is 29.3. The van der Waals surface area contributed by atoms with E-state index in [2.05, 4.69) is 26.1 Å². The molecule has 2 bridgehead atoms. The zero-order chi connectivity index (χ0) is 18.9. The number of carbonyl (C=O) groups excluding carboxylic acids is 1. The summed E-state index contributed by atoms with van der Waals surface area (Å²) >= 11 is 0. The van der Waals surface area contributed by atoms with Crippen molar-refractivity contribution in [3.05, 3.63) is 46.0 Å². The molecule has 0 radical (unpaired) electrons. The van der Waals surface area contributed by atoms with Crippen LogP contribution in [-0.4, -0.2) is 16.5 Å². The molecule has 4 rings (SSSR count). The van der Waals surface area contributed by atoms with Crippen molar-refractivity contribution in [2.45, 2.75) is 46.1 Å². The summed E-state index contributed by atoms with van der Waals surface area (Å²) in [6.07, 6.45) is 4.96. The van der Waals surface area contributed by atoms with Crippen molar-refractivity contribution < 1.29 is 9.18 Å². The van der Waals surface area contributed by atoms with Gasteiger partial charge < -0.3 is 9.88 Å². The fourth-order valence-electron chi connectivity index (χ4n) is 5.49. The van der Waals surface area contributed by atoms with Gasteiger partial charge in [0.2, 0.25) is 5.43 Å². The van der Waals surface area contributed by atoms with Gasteiger partial charge in [0.15, 0.2) is 0 Å². The molecule has 1 N–H and O–H groups in total. The predicted octanol–water partition coefficient (Wildman–Crippen LogP) is 3.62.